The van der Waals surface area contributed by atoms with Crippen molar-refractivity contribution in [3.63, 3.8) is 0 Å². The van der Waals surface area contributed by atoms with Gasteiger partial charge in [-0.3, -0.25) is 0 Å². The maximum absolute atomic E-state index is 11.8. The third kappa shape index (κ3) is 3.50. The van der Waals surface area contributed by atoms with Crippen LogP contribution in [0.4, 0.5) is 0 Å². The molecule has 0 fully saturated rings. The summed E-state index contributed by atoms with van der Waals surface area (Å²) in [6, 6.07) is 20.5. The van der Waals surface area contributed by atoms with Gasteiger partial charge in [0.25, 0.3) is 0 Å². The SMILES string of the molecule is COC(=O)/C=C(\c1ccccc1)[Si](C)(C)c1ccccc1. The van der Waals surface area contributed by atoms with Crippen molar-refractivity contribution in [1.29, 1.82) is 0 Å². The van der Waals surface area contributed by atoms with Gasteiger partial charge in [-0.25, -0.2) is 4.79 Å². The van der Waals surface area contributed by atoms with E-state index >= 15 is 0 Å². The van der Waals surface area contributed by atoms with Crippen molar-refractivity contribution in [3.8, 4) is 0 Å². The van der Waals surface area contributed by atoms with Crippen molar-refractivity contribution in [2.24, 2.45) is 0 Å². The number of methoxy groups -OCH3 is 1. The molecule has 0 aliphatic rings. The van der Waals surface area contributed by atoms with E-state index in [1.54, 1.807) is 6.08 Å². The number of esters is 1. The molecule has 2 rings (SSSR count). The van der Waals surface area contributed by atoms with E-state index in [9.17, 15) is 4.79 Å². The Balaban J connectivity index is 2.55. The van der Waals surface area contributed by atoms with E-state index in [2.05, 4.69) is 25.2 Å². The van der Waals surface area contributed by atoms with Gasteiger partial charge < -0.3 is 4.74 Å². The quantitative estimate of drug-likeness (QED) is 0.491. The highest BCUT2D eigenvalue weighted by molar-refractivity contribution is 7.04. The van der Waals surface area contributed by atoms with E-state index in [0.29, 0.717) is 0 Å². The normalized spacial score (nSPS) is 12.0. The molecule has 2 aromatic rings. The molecule has 0 atom stereocenters. The Bertz CT molecular complexity index is 631. The van der Waals surface area contributed by atoms with Crippen LogP contribution < -0.4 is 5.19 Å². The lowest BCUT2D eigenvalue weighted by atomic mass is 10.2. The van der Waals surface area contributed by atoms with Crippen LogP contribution in [0.5, 0.6) is 0 Å². The largest absolute Gasteiger partial charge is 0.466 e. The van der Waals surface area contributed by atoms with Gasteiger partial charge in [0.2, 0.25) is 0 Å². The Morgan fingerprint density at radius 3 is 2.00 bits per heavy atom. The first-order valence-corrected chi connectivity index (χ1v) is 9.97. The van der Waals surface area contributed by atoms with E-state index in [1.807, 2.05) is 48.5 Å². The smallest absolute Gasteiger partial charge is 0.330 e. The summed E-state index contributed by atoms with van der Waals surface area (Å²) in [6.07, 6.45) is 1.65. The first-order chi connectivity index (χ1) is 10.1. The second-order valence-corrected chi connectivity index (χ2v) is 9.80. The summed E-state index contributed by atoms with van der Waals surface area (Å²) in [5.74, 6) is -0.301. The molecule has 0 spiro atoms. The van der Waals surface area contributed by atoms with Crippen molar-refractivity contribution >= 4 is 24.4 Å². The van der Waals surface area contributed by atoms with Crippen molar-refractivity contribution in [3.05, 3.63) is 72.3 Å². The summed E-state index contributed by atoms with van der Waals surface area (Å²) in [5, 5.41) is 2.38. The number of rotatable bonds is 4. The second-order valence-electron chi connectivity index (χ2n) is 5.44. The molecule has 3 heteroatoms. The second kappa shape index (κ2) is 6.55. The van der Waals surface area contributed by atoms with Crippen LogP contribution in [0, 0.1) is 0 Å². The first-order valence-electron chi connectivity index (χ1n) is 6.97. The highest BCUT2D eigenvalue weighted by atomic mass is 28.3. The lowest BCUT2D eigenvalue weighted by Gasteiger charge is -2.27. The Labute approximate surface area is 127 Å². The molecule has 0 aliphatic carbocycles. The zero-order valence-electron chi connectivity index (χ0n) is 12.7. The molecular formula is C18H20O2Si. The molecule has 108 valence electrons. The van der Waals surface area contributed by atoms with Gasteiger partial charge in [0.1, 0.15) is 8.07 Å². The van der Waals surface area contributed by atoms with Crippen molar-refractivity contribution in [2.75, 3.05) is 7.11 Å². The number of carbonyl (C=O) groups is 1. The van der Waals surface area contributed by atoms with Crippen LogP contribution in [-0.4, -0.2) is 21.2 Å². The Morgan fingerprint density at radius 1 is 0.952 bits per heavy atom. The van der Waals surface area contributed by atoms with E-state index < -0.39 is 8.07 Å². The fourth-order valence-electron chi connectivity index (χ4n) is 2.43. The van der Waals surface area contributed by atoms with Gasteiger partial charge in [-0.05, 0) is 10.8 Å². The molecule has 0 aliphatic heterocycles. The summed E-state index contributed by atoms with van der Waals surface area (Å²) in [5.41, 5.74) is 1.09. The summed E-state index contributed by atoms with van der Waals surface area (Å²) in [4.78, 5) is 11.8. The molecule has 0 saturated heterocycles. The third-order valence-corrected chi connectivity index (χ3v) is 7.27. The van der Waals surface area contributed by atoms with Gasteiger partial charge in [0.05, 0.1) is 7.11 Å². The van der Waals surface area contributed by atoms with E-state index in [1.165, 1.54) is 12.3 Å². The molecule has 2 nitrogen and oxygen atoms in total. The number of benzene rings is 2. The Morgan fingerprint density at radius 2 is 1.48 bits per heavy atom. The lowest BCUT2D eigenvalue weighted by molar-refractivity contribution is -0.134. The minimum absolute atomic E-state index is 0.301. The molecule has 0 unspecified atom stereocenters. The number of hydrogen-bond acceptors (Lipinski definition) is 2. The molecule has 0 heterocycles. The predicted molar refractivity (Wildman–Crippen MR) is 90.0 cm³/mol. The number of hydrogen-bond donors (Lipinski definition) is 0. The monoisotopic (exact) mass is 296 g/mol. The summed E-state index contributed by atoms with van der Waals surface area (Å²) in [6.45, 7) is 4.51. The van der Waals surface area contributed by atoms with Gasteiger partial charge >= 0.3 is 5.97 Å². The molecular weight excluding hydrogens is 276 g/mol. The molecule has 0 amide bonds. The molecule has 0 N–H and O–H groups in total. The van der Waals surface area contributed by atoms with Crippen molar-refractivity contribution in [2.45, 2.75) is 13.1 Å². The van der Waals surface area contributed by atoms with Gasteiger partial charge in [-0.2, -0.15) is 0 Å². The van der Waals surface area contributed by atoms with Crippen LogP contribution in [0.25, 0.3) is 5.20 Å². The van der Waals surface area contributed by atoms with E-state index in [-0.39, 0.29) is 5.97 Å². The first kappa shape index (κ1) is 15.3. The van der Waals surface area contributed by atoms with Gasteiger partial charge in [0, 0.05) is 6.08 Å². The van der Waals surface area contributed by atoms with Gasteiger partial charge in [-0.15, -0.1) is 0 Å². The van der Waals surface area contributed by atoms with Crippen LogP contribution in [0.1, 0.15) is 5.56 Å². The third-order valence-electron chi connectivity index (χ3n) is 3.72. The highest BCUT2D eigenvalue weighted by Gasteiger charge is 2.30. The maximum Gasteiger partial charge on any atom is 0.330 e. The zero-order valence-corrected chi connectivity index (χ0v) is 13.7. The fourth-order valence-corrected chi connectivity index (χ4v) is 5.13. The van der Waals surface area contributed by atoms with Crippen molar-refractivity contribution in [1.82, 2.24) is 0 Å². The molecule has 0 aromatic heterocycles. The number of carbonyl (C=O) groups excluding carboxylic acids is 1. The Hall–Kier alpha value is -2.13. The molecule has 21 heavy (non-hydrogen) atoms. The topological polar surface area (TPSA) is 26.3 Å². The molecule has 0 saturated carbocycles. The molecule has 0 bridgehead atoms. The van der Waals surface area contributed by atoms with Crippen molar-refractivity contribution < 1.29 is 9.53 Å². The van der Waals surface area contributed by atoms with E-state index in [4.69, 9.17) is 4.74 Å². The minimum Gasteiger partial charge on any atom is -0.466 e. The predicted octanol–water partition coefficient (Wildman–Crippen LogP) is 3.40. The highest BCUT2D eigenvalue weighted by Crippen LogP contribution is 2.26. The molecule has 0 radical (unpaired) electrons. The van der Waals surface area contributed by atoms with Crippen LogP contribution in [-0.2, 0) is 9.53 Å². The summed E-state index contributed by atoms with van der Waals surface area (Å²) in [7, 11) is -0.553. The minimum atomic E-state index is -1.97. The van der Waals surface area contributed by atoms with Crippen LogP contribution in [0.2, 0.25) is 13.1 Å². The van der Waals surface area contributed by atoms with Crippen LogP contribution in [0.15, 0.2) is 66.7 Å². The zero-order chi connectivity index (χ0) is 15.3. The van der Waals surface area contributed by atoms with Gasteiger partial charge in [0.15, 0.2) is 0 Å². The summed E-state index contributed by atoms with van der Waals surface area (Å²) >= 11 is 0. The molecule has 2 aromatic carbocycles. The average Bonchev–Trinajstić information content (AvgIpc) is 2.53. The van der Waals surface area contributed by atoms with Gasteiger partial charge in [-0.1, -0.05) is 78.9 Å². The van der Waals surface area contributed by atoms with Crippen LogP contribution >= 0.6 is 0 Å². The Kier molecular flexibility index (Phi) is 4.76. The van der Waals surface area contributed by atoms with Crippen LogP contribution in [0.3, 0.4) is 0 Å². The fraction of sp³-hybridized carbons (Fsp3) is 0.167. The number of ether oxygens (including phenoxy) is 1. The summed E-state index contributed by atoms with van der Waals surface area (Å²) < 4.78 is 4.84. The maximum atomic E-state index is 11.8. The lowest BCUT2D eigenvalue weighted by Crippen LogP contribution is -2.43. The average molecular weight is 296 g/mol. The van der Waals surface area contributed by atoms with E-state index in [0.717, 1.165) is 10.8 Å². The standard InChI is InChI=1S/C18H20O2Si/c1-20-18(19)14-17(15-10-6-4-7-11-15)21(2,3)16-12-8-5-9-13-16/h4-14H,1-3H3/b17-14+.